The van der Waals surface area contributed by atoms with Gasteiger partial charge in [-0.05, 0) is 23.3 Å². The number of ether oxygens (including phenoxy) is 3. The summed E-state index contributed by atoms with van der Waals surface area (Å²) in [4.78, 5) is 11.7. The molecule has 0 amide bonds. The number of esters is 1. The number of fused-ring (bicyclic) bond motifs is 1. The van der Waals surface area contributed by atoms with E-state index in [0.29, 0.717) is 0 Å². The molecule has 2 heterocycles. The van der Waals surface area contributed by atoms with E-state index in [-0.39, 0.29) is 25.0 Å². The summed E-state index contributed by atoms with van der Waals surface area (Å²) in [6.07, 6.45) is 2.29. The lowest BCUT2D eigenvalue weighted by atomic mass is 9.84. The normalized spacial score (nSPS) is 33.8. The van der Waals surface area contributed by atoms with Crippen molar-refractivity contribution in [3.8, 4) is 0 Å². The minimum absolute atomic E-state index is 0.0333. The van der Waals surface area contributed by atoms with Crippen molar-refractivity contribution in [2.45, 2.75) is 42.5 Å². The molecule has 1 aliphatic carbocycles. The average Bonchev–Trinajstić information content (AvgIpc) is 3.20. The van der Waals surface area contributed by atoms with Gasteiger partial charge >= 0.3 is 5.97 Å². The van der Waals surface area contributed by atoms with Gasteiger partial charge in [0.25, 0.3) is 0 Å². The predicted molar refractivity (Wildman–Crippen MR) is 96.5 cm³/mol. The minimum atomic E-state index is -1.28. The fourth-order valence-corrected chi connectivity index (χ4v) is 4.16. The lowest BCUT2D eigenvalue weighted by Gasteiger charge is -2.36. The highest BCUT2D eigenvalue weighted by Gasteiger charge is 2.57. The maximum absolute atomic E-state index is 11.7. The number of carbonyl (C=O) groups excluding carboxylic acids is 1. The van der Waals surface area contributed by atoms with Crippen molar-refractivity contribution >= 4 is 5.97 Å². The van der Waals surface area contributed by atoms with E-state index in [1.165, 1.54) is 0 Å². The molecule has 2 aromatic rings. The molecule has 2 aromatic carbocycles. The highest BCUT2D eigenvalue weighted by atomic mass is 16.8. The molecule has 1 N–H and O–H groups in total. The van der Waals surface area contributed by atoms with Crippen molar-refractivity contribution in [1.29, 1.82) is 0 Å². The Kier molecular flexibility index (Phi) is 3.72. The van der Waals surface area contributed by atoms with Crippen LogP contribution < -0.4 is 0 Å². The molecule has 0 bridgehead atoms. The first-order chi connectivity index (χ1) is 13.1. The van der Waals surface area contributed by atoms with Crippen LogP contribution in [0.15, 0.2) is 72.8 Å². The lowest BCUT2D eigenvalue weighted by molar-refractivity contribution is -0.182. The molecule has 5 heteroatoms. The number of hydrogen-bond acceptors (Lipinski definition) is 5. The van der Waals surface area contributed by atoms with E-state index in [1.807, 2.05) is 60.7 Å². The van der Waals surface area contributed by atoms with Gasteiger partial charge in [-0.25, -0.2) is 0 Å². The Bertz CT molecular complexity index is 831. The lowest BCUT2D eigenvalue weighted by Crippen LogP contribution is -2.47. The Morgan fingerprint density at radius 3 is 1.96 bits per heavy atom. The van der Waals surface area contributed by atoms with E-state index in [4.69, 9.17) is 14.2 Å². The zero-order valence-corrected chi connectivity index (χ0v) is 14.7. The second kappa shape index (κ2) is 6.02. The van der Waals surface area contributed by atoms with Crippen LogP contribution in [-0.4, -0.2) is 28.6 Å². The largest absolute Gasteiger partial charge is 0.459 e. The summed E-state index contributed by atoms with van der Waals surface area (Å²) in [5.41, 5.74) is 0.754. The van der Waals surface area contributed by atoms with Crippen LogP contribution in [0.5, 0.6) is 0 Å². The van der Waals surface area contributed by atoms with Crippen molar-refractivity contribution in [2.75, 3.05) is 0 Å². The number of benzene rings is 2. The number of aliphatic hydroxyl groups is 1. The molecule has 2 saturated heterocycles. The van der Waals surface area contributed by atoms with Gasteiger partial charge in [0.2, 0.25) is 0 Å². The zero-order chi connectivity index (χ0) is 18.5. The summed E-state index contributed by atoms with van der Waals surface area (Å²) >= 11 is 0. The highest BCUT2D eigenvalue weighted by molar-refractivity contribution is 5.74. The molecule has 0 radical (unpaired) electrons. The van der Waals surface area contributed by atoms with E-state index in [2.05, 4.69) is 0 Å². The van der Waals surface area contributed by atoms with Gasteiger partial charge in [-0.1, -0.05) is 60.7 Å². The smallest absolute Gasteiger partial charge is 0.309 e. The van der Waals surface area contributed by atoms with Gasteiger partial charge in [0.05, 0.1) is 6.42 Å². The Morgan fingerprint density at radius 2 is 1.41 bits per heavy atom. The van der Waals surface area contributed by atoms with Crippen LogP contribution in [0.25, 0.3) is 0 Å². The van der Waals surface area contributed by atoms with Crippen LogP contribution in [0.3, 0.4) is 0 Å². The quantitative estimate of drug-likeness (QED) is 0.655. The van der Waals surface area contributed by atoms with Crippen molar-refractivity contribution < 1.29 is 24.1 Å². The molecule has 2 aliphatic heterocycles. The summed E-state index contributed by atoms with van der Waals surface area (Å²) in [7, 11) is 0. The van der Waals surface area contributed by atoms with Gasteiger partial charge in [0.1, 0.15) is 23.9 Å². The van der Waals surface area contributed by atoms with Gasteiger partial charge in [-0.15, -0.1) is 0 Å². The molecular formula is C22H20O5. The minimum Gasteiger partial charge on any atom is -0.459 e. The number of hydrogen-bond donors (Lipinski definition) is 1. The van der Waals surface area contributed by atoms with Crippen LogP contribution in [-0.2, 0) is 19.0 Å². The maximum atomic E-state index is 11.7. The predicted octanol–water partition coefficient (Wildman–Crippen LogP) is 3.22. The average molecular weight is 364 g/mol. The Morgan fingerprint density at radius 1 is 0.852 bits per heavy atom. The molecule has 0 saturated carbocycles. The van der Waals surface area contributed by atoms with Crippen LogP contribution in [0.4, 0.5) is 0 Å². The molecule has 5 rings (SSSR count). The highest BCUT2D eigenvalue weighted by Crippen LogP contribution is 2.52. The number of rotatable bonds is 2. The topological polar surface area (TPSA) is 65.0 Å². The number of carbonyl (C=O) groups is 1. The van der Waals surface area contributed by atoms with Gasteiger partial charge in [-0.3, -0.25) is 4.79 Å². The van der Waals surface area contributed by atoms with E-state index < -0.39 is 23.5 Å². The van der Waals surface area contributed by atoms with Crippen molar-refractivity contribution in [2.24, 2.45) is 0 Å². The second-order valence-electron chi connectivity index (χ2n) is 7.39. The SMILES string of the molecule is O=C1C[C@]2(O)C=CC3(C[C@@H]2O1)O[C@H](c1ccccc1)[C@@H](c1ccccc1)O3. The summed E-state index contributed by atoms with van der Waals surface area (Å²) in [5, 5.41) is 10.6. The molecule has 5 nitrogen and oxygen atoms in total. The van der Waals surface area contributed by atoms with Gasteiger partial charge in [0.15, 0.2) is 5.79 Å². The third-order valence-corrected chi connectivity index (χ3v) is 5.54. The monoisotopic (exact) mass is 364 g/mol. The molecule has 0 unspecified atom stereocenters. The molecule has 138 valence electrons. The fourth-order valence-electron chi connectivity index (χ4n) is 4.16. The van der Waals surface area contributed by atoms with E-state index in [0.717, 1.165) is 11.1 Å². The summed E-state index contributed by atoms with van der Waals surface area (Å²) in [5.74, 6) is -1.44. The van der Waals surface area contributed by atoms with E-state index in [1.54, 1.807) is 12.2 Å². The Balaban J connectivity index is 1.52. The first kappa shape index (κ1) is 16.7. The molecule has 27 heavy (non-hydrogen) atoms. The summed E-state index contributed by atoms with van der Waals surface area (Å²) in [6, 6.07) is 19.9. The van der Waals surface area contributed by atoms with Crippen molar-refractivity contribution in [3.05, 3.63) is 83.9 Å². The molecule has 0 aromatic heterocycles. The van der Waals surface area contributed by atoms with Gasteiger partial charge in [-0.2, -0.15) is 0 Å². The Hall–Kier alpha value is -2.47. The summed E-state index contributed by atoms with van der Waals surface area (Å²) < 4.78 is 18.2. The van der Waals surface area contributed by atoms with Gasteiger partial charge in [0, 0.05) is 6.42 Å². The van der Waals surface area contributed by atoms with Crippen molar-refractivity contribution in [1.82, 2.24) is 0 Å². The van der Waals surface area contributed by atoms with Crippen LogP contribution >= 0.6 is 0 Å². The van der Waals surface area contributed by atoms with Crippen LogP contribution in [0.2, 0.25) is 0 Å². The van der Waals surface area contributed by atoms with E-state index in [9.17, 15) is 9.90 Å². The Labute approximate surface area is 157 Å². The van der Waals surface area contributed by atoms with E-state index >= 15 is 0 Å². The molecule has 1 spiro atoms. The van der Waals surface area contributed by atoms with Crippen LogP contribution in [0.1, 0.15) is 36.2 Å². The standard InChI is InChI=1S/C22H20O5/c23-18-14-21(24)11-12-22(13-17(21)25-18)26-19(15-7-3-1-4-8-15)20(27-22)16-9-5-2-6-10-16/h1-12,17,19-20,24H,13-14H2/t17-,19+,20+,21+/m0/s1. The summed E-state index contributed by atoms with van der Waals surface area (Å²) in [6.45, 7) is 0. The zero-order valence-electron chi connectivity index (χ0n) is 14.7. The molecular weight excluding hydrogens is 344 g/mol. The fraction of sp³-hybridized carbons (Fsp3) is 0.318. The van der Waals surface area contributed by atoms with Gasteiger partial charge < -0.3 is 19.3 Å². The first-order valence-electron chi connectivity index (χ1n) is 9.15. The molecule has 2 fully saturated rings. The van der Waals surface area contributed by atoms with Crippen LogP contribution in [0, 0.1) is 0 Å². The van der Waals surface area contributed by atoms with Crippen molar-refractivity contribution in [3.63, 3.8) is 0 Å². The second-order valence-corrected chi connectivity index (χ2v) is 7.39. The molecule has 4 atom stereocenters. The third-order valence-electron chi connectivity index (χ3n) is 5.54. The maximum Gasteiger partial charge on any atom is 0.309 e. The first-order valence-corrected chi connectivity index (χ1v) is 9.15. The third kappa shape index (κ3) is 2.79. The molecule has 3 aliphatic rings.